The van der Waals surface area contributed by atoms with Crippen molar-refractivity contribution in [1.29, 1.82) is 0 Å². The number of aromatic carboxylic acids is 1. The van der Waals surface area contributed by atoms with Crippen LogP contribution in [0.4, 0.5) is 0 Å². The number of aryl methyl sites for hydroxylation is 1. The molecule has 7 nitrogen and oxygen atoms in total. The van der Waals surface area contributed by atoms with Gasteiger partial charge in [0.05, 0.1) is 17.9 Å². The van der Waals surface area contributed by atoms with Crippen molar-refractivity contribution in [2.75, 3.05) is 33.4 Å². The van der Waals surface area contributed by atoms with E-state index >= 15 is 0 Å². The number of ether oxygens (including phenoxy) is 1. The predicted molar refractivity (Wildman–Crippen MR) is 97.3 cm³/mol. The van der Waals surface area contributed by atoms with Gasteiger partial charge < -0.3 is 14.7 Å². The molecule has 1 N–H and O–H groups in total. The fourth-order valence-electron chi connectivity index (χ4n) is 3.37. The molecule has 3 heterocycles. The number of piperidine rings is 1. The molecule has 0 bridgehead atoms. The van der Waals surface area contributed by atoms with Crippen molar-refractivity contribution in [3.63, 3.8) is 0 Å². The number of hydrogen-bond donors (Lipinski definition) is 1. The lowest BCUT2D eigenvalue weighted by Gasteiger charge is -2.32. The Morgan fingerprint density at radius 3 is 2.96 bits per heavy atom. The van der Waals surface area contributed by atoms with Gasteiger partial charge in [-0.2, -0.15) is 0 Å². The highest BCUT2D eigenvalue weighted by Gasteiger charge is 2.23. The van der Waals surface area contributed by atoms with Gasteiger partial charge in [-0.25, -0.2) is 14.8 Å². The molecular weight excluding hydrogens is 332 g/mol. The lowest BCUT2D eigenvalue weighted by atomic mass is 9.93. The van der Waals surface area contributed by atoms with Gasteiger partial charge in [0.1, 0.15) is 5.82 Å². The van der Waals surface area contributed by atoms with Crippen molar-refractivity contribution in [2.45, 2.75) is 25.7 Å². The first-order valence-electron chi connectivity index (χ1n) is 8.82. The lowest BCUT2D eigenvalue weighted by Crippen LogP contribution is -2.36. The highest BCUT2D eigenvalue weighted by Crippen LogP contribution is 2.28. The van der Waals surface area contributed by atoms with Crippen molar-refractivity contribution >= 4 is 5.97 Å². The van der Waals surface area contributed by atoms with Crippen LogP contribution >= 0.6 is 0 Å². The second-order valence-electron chi connectivity index (χ2n) is 6.63. The molecule has 2 aromatic heterocycles. The van der Waals surface area contributed by atoms with Crippen molar-refractivity contribution < 1.29 is 14.6 Å². The van der Waals surface area contributed by atoms with E-state index in [0.29, 0.717) is 17.3 Å². The molecule has 7 heteroatoms. The molecule has 1 atom stereocenters. The van der Waals surface area contributed by atoms with Crippen LogP contribution < -0.4 is 0 Å². The topological polar surface area (TPSA) is 88.4 Å². The van der Waals surface area contributed by atoms with Gasteiger partial charge >= 0.3 is 5.97 Å². The molecule has 0 aliphatic carbocycles. The van der Waals surface area contributed by atoms with Gasteiger partial charge in [0, 0.05) is 49.8 Å². The Kier molecular flexibility index (Phi) is 5.90. The Morgan fingerprint density at radius 1 is 1.35 bits per heavy atom. The number of likely N-dealkylation sites (tertiary alicyclic amines) is 1. The summed E-state index contributed by atoms with van der Waals surface area (Å²) in [6.45, 7) is 5.56. The fourth-order valence-corrected chi connectivity index (χ4v) is 3.37. The zero-order valence-electron chi connectivity index (χ0n) is 15.2. The number of aromatic nitrogens is 3. The van der Waals surface area contributed by atoms with Crippen molar-refractivity contribution in [2.24, 2.45) is 0 Å². The summed E-state index contributed by atoms with van der Waals surface area (Å²) in [6, 6.07) is 3.58. The zero-order chi connectivity index (χ0) is 18.5. The second-order valence-corrected chi connectivity index (χ2v) is 6.63. The fraction of sp³-hybridized carbons (Fsp3) is 0.474. The molecule has 0 saturated carbocycles. The normalized spacial score (nSPS) is 18.0. The first kappa shape index (κ1) is 18.4. The maximum absolute atomic E-state index is 11.2. The van der Waals surface area contributed by atoms with E-state index in [0.717, 1.165) is 50.5 Å². The summed E-state index contributed by atoms with van der Waals surface area (Å²) in [4.78, 5) is 26.8. The number of methoxy groups -OCH3 is 1. The Morgan fingerprint density at radius 2 is 2.19 bits per heavy atom. The van der Waals surface area contributed by atoms with E-state index < -0.39 is 5.97 Å². The van der Waals surface area contributed by atoms with Gasteiger partial charge in [-0.1, -0.05) is 0 Å². The number of carbonyl (C=O) groups is 1. The second kappa shape index (κ2) is 8.33. The Labute approximate surface area is 153 Å². The van der Waals surface area contributed by atoms with E-state index in [4.69, 9.17) is 4.74 Å². The van der Waals surface area contributed by atoms with Crippen LogP contribution in [0.15, 0.2) is 24.5 Å². The summed E-state index contributed by atoms with van der Waals surface area (Å²) in [6.07, 6.45) is 5.20. The average Bonchev–Trinajstić information content (AvgIpc) is 2.66. The minimum atomic E-state index is -0.994. The van der Waals surface area contributed by atoms with E-state index in [1.165, 1.54) is 6.20 Å². The molecule has 2 aromatic rings. The standard InChI is InChI=1S/C19H24N4O3/c1-13-21-17(14-4-3-5-23(12-14)6-7-26-2)9-18(22-13)15-8-16(19(24)25)11-20-10-15/h8-11,14H,3-7,12H2,1-2H3,(H,24,25)/t14-/m1/s1. The summed E-state index contributed by atoms with van der Waals surface area (Å²) in [7, 11) is 1.72. The molecule has 0 radical (unpaired) electrons. The third kappa shape index (κ3) is 4.42. The lowest BCUT2D eigenvalue weighted by molar-refractivity contribution is 0.0696. The third-order valence-electron chi connectivity index (χ3n) is 4.67. The minimum Gasteiger partial charge on any atom is -0.478 e. The van der Waals surface area contributed by atoms with E-state index in [-0.39, 0.29) is 5.56 Å². The SMILES string of the molecule is COCCN1CCC[C@@H](c2cc(-c3cncc(C(=O)O)c3)nc(C)n2)C1. The van der Waals surface area contributed by atoms with Gasteiger partial charge in [-0.05, 0) is 38.4 Å². The molecule has 0 spiro atoms. The zero-order valence-corrected chi connectivity index (χ0v) is 15.2. The quantitative estimate of drug-likeness (QED) is 0.850. The summed E-state index contributed by atoms with van der Waals surface area (Å²) in [5, 5.41) is 9.18. The minimum absolute atomic E-state index is 0.156. The summed E-state index contributed by atoms with van der Waals surface area (Å²) in [5.74, 6) is 0.0373. The molecule has 1 aliphatic heterocycles. The molecule has 3 rings (SSSR count). The van der Waals surface area contributed by atoms with E-state index in [1.54, 1.807) is 19.4 Å². The van der Waals surface area contributed by atoms with Gasteiger partial charge in [0.15, 0.2) is 0 Å². The summed E-state index contributed by atoms with van der Waals surface area (Å²) >= 11 is 0. The van der Waals surface area contributed by atoms with Crippen LogP contribution in [-0.4, -0.2) is 64.3 Å². The van der Waals surface area contributed by atoms with E-state index in [1.807, 2.05) is 13.0 Å². The first-order chi connectivity index (χ1) is 12.6. The van der Waals surface area contributed by atoms with E-state index in [9.17, 15) is 9.90 Å². The maximum Gasteiger partial charge on any atom is 0.337 e. The van der Waals surface area contributed by atoms with Crippen LogP contribution in [0.2, 0.25) is 0 Å². The Hall–Kier alpha value is -2.38. The number of pyridine rings is 1. The third-order valence-corrected chi connectivity index (χ3v) is 4.67. The Bertz CT molecular complexity index is 781. The summed E-state index contributed by atoms with van der Waals surface area (Å²) < 4.78 is 5.19. The van der Waals surface area contributed by atoms with Crippen molar-refractivity contribution in [3.05, 3.63) is 41.6 Å². The van der Waals surface area contributed by atoms with Gasteiger partial charge in [0.25, 0.3) is 0 Å². The highest BCUT2D eigenvalue weighted by molar-refractivity contribution is 5.88. The van der Waals surface area contributed by atoms with Crippen LogP contribution in [0.1, 0.15) is 40.6 Å². The van der Waals surface area contributed by atoms with Crippen LogP contribution in [0.5, 0.6) is 0 Å². The Balaban J connectivity index is 1.86. The molecule has 1 saturated heterocycles. The molecular formula is C19H24N4O3. The molecule has 1 fully saturated rings. The molecule has 0 unspecified atom stereocenters. The number of hydrogen-bond acceptors (Lipinski definition) is 6. The molecule has 138 valence electrons. The molecule has 0 aromatic carbocycles. The maximum atomic E-state index is 11.2. The van der Waals surface area contributed by atoms with Gasteiger partial charge in [0.2, 0.25) is 0 Å². The average molecular weight is 356 g/mol. The monoisotopic (exact) mass is 356 g/mol. The largest absolute Gasteiger partial charge is 0.478 e. The van der Waals surface area contributed by atoms with Gasteiger partial charge in [-0.3, -0.25) is 4.98 Å². The number of carboxylic acids is 1. The summed E-state index contributed by atoms with van der Waals surface area (Å²) in [5.41, 5.74) is 2.58. The number of rotatable bonds is 6. The van der Waals surface area contributed by atoms with Gasteiger partial charge in [-0.15, -0.1) is 0 Å². The van der Waals surface area contributed by atoms with Crippen molar-refractivity contribution in [3.8, 4) is 11.3 Å². The first-order valence-corrected chi connectivity index (χ1v) is 8.82. The molecule has 26 heavy (non-hydrogen) atoms. The number of nitrogens with zero attached hydrogens (tertiary/aromatic N) is 4. The van der Waals surface area contributed by atoms with E-state index in [2.05, 4.69) is 19.9 Å². The molecule has 1 aliphatic rings. The number of carboxylic acid groups (broad SMARTS) is 1. The van der Waals surface area contributed by atoms with Crippen molar-refractivity contribution in [1.82, 2.24) is 19.9 Å². The van der Waals surface area contributed by atoms with Crippen LogP contribution in [0.3, 0.4) is 0 Å². The van der Waals surface area contributed by atoms with Crippen LogP contribution in [0.25, 0.3) is 11.3 Å². The molecule has 0 amide bonds. The van der Waals surface area contributed by atoms with Crippen LogP contribution in [0, 0.1) is 6.92 Å². The predicted octanol–water partition coefficient (Wildman–Crippen LogP) is 2.37. The smallest absolute Gasteiger partial charge is 0.337 e. The van der Waals surface area contributed by atoms with Crippen LogP contribution in [-0.2, 0) is 4.74 Å². The highest BCUT2D eigenvalue weighted by atomic mass is 16.5.